The van der Waals surface area contributed by atoms with Gasteiger partial charge in [-0.1, -0.05) is 12.1 Å². The Balaban J connectivity index is 2.02. The lowest BCUT2D eigenvalue weighted by Gasteiger charge is -2.07. The topological polar surface area (TPSA) is 114 Å². The minimum absolute atomic E-state index is 0.0699. The van der Waals surface area contributed by atoms with Crippen LogP contribution in [0.4, 0.5) is 5.69 Å². The summed E-state index contributed by atoms with van der Waals surface area (Å²) in [7, 11) is 0. The molecule has 23 heavy (non-hydrogen) atoms. The first-order chi connectivity index (χ1) is 10.9. The molecule has 1 amide bonds. The molecular weight excluding hydrogens is 298 g/mol. The van der Waals surface area contributed by atoms with Crippen molar-refractivity contribution in [1.29, 1.82) is 5.26 Å². The number of nitrogens with one attached hydrogen (secondary N) is 1. The van der Waals surface area contributed by atoms with Crippen LogP contribution in [0.3, 0.4) is 0 Å². The molecule has 0 spiro atoms. The number of hydrogen-bond acceptors (Lipinski definition) is 5. The van der Waals surface area contributed by atoms with Gasteiger partial charge in [-0.05, 0) is 31.5 Å². The number of carbonyl (C=O) groups is 1. The highest BCUT2D eigenvalue weighted by Gasteiger charge is 2.22. The van der Waals surface area contributed by atoms with E-state index in [2.05, 4.69) is 10.4 Å². The van der Waals surface area contributed by atoms with Crippen molar-refractivity contribution in [3.8, 4) is 6.07 Å². The van der Waals surface area contributed by atoms with Gasteiger partial charge in [-0.15, -0.1) is 0 Å². The van der Waals surface area contributed by atoms with Crippen LogP contribution in [-0.2, 0) is 17.9 Å². The first-order valence-electron chi connectivity index (χ1n) is 6.86. The van der Waals surface area contributed by atoms with Gasteiger partial charge in [-0.25, -0.2) is 0 Å². The smallest absolute Gasteiger partial charge is 0.312 e. The Morgan fingerprint density at radius 1 is 1.48 bits per heavy atom. The first-order valence-corrected chi connectivity index (χ1v) is 6.86. The molecule has 1 heterocycles. The fraction of sp³-hybridized carbons (Fsp3) is 0.267. The lowest BCUT2D eigenvalue weighted by atomic mass is 10.1. The molecule has 1 aromatic heterocycles. The van der Waals surface area contributed by atoms with Crippen LogP contribution in [0, 0.1) is 35.3 Å². The number of amides is 1. The van der Waals surface area contributed by atoms with Gasteiger partial charge >= 0.3 is 5.69 Å². The van der Waals surface area contributed by atoms with E-state index >= 15 is 0 Å². The Morgan fingerprint density at radius 3 is 2.83 bits per heavy atom. The van der Waals surface area contributed by atoms with Crippen LogP contribution >= 0.6 is 0 Å². The standard InChI is InChI=1S/C15H15N5O3/c1-10-15(20(22)23)11(2)19(18-10)9-14(21)17-8-13-5-3-4-12(6-13)7-16/h3-6H,8-9H2,1-2H3,(H,17,21). The Morgan fingerprint density at radius 2 is 2.22 bits per heavy atom. The predicted molar refractivity (Wildman–Crippen MR) is 81.4 cm³/mol. The maximum absolute atomic E-state index is 12.0. The van der Waals surface area contributed by atoms with Crippen LogP contribution in [0.2, 0.25) is 0 Å². The lowest BCUT2D eigenvalue weighted by molar-refractivity contribution is -0.386. The van der Waals surface area contributed by atoms with E-state index in [0.29, 0.717) is 11.3 Å². The Labute approximate surface area is 132 Å². The van der Waals surface area contributed by atoms with Crippen LogP contribution in [0.5, 0.6) is 0 Å². The molecule has 0 aliphatic heterocycles. The molecule has 0 atom stereocenters. The molecule has 0 fully saturated rings. The van der Waals surface area contributed by atoms with Gasteiger partial charge < -0.3 is 5.32 Å². The molecule has 1 N–H and O–H groups in total. The summed E-state index contributed by atoms with van der Waals surface area (Å²) in [5, 5.41) is 26.5. The van der Waals surface area contributed by atoms with Crippen molar-refractivity contribution in [3.63, 3.8) is 0 Å². The molecule has 0 saturated heterocycles. The predicted octanol–water partition coefficient (Wildman–Crippen LogP) is 1.60. The highest BCUT2D eigenvalue weighted by molar-refractivity contribution is 5.75. The normalized spacial score (nSPS) is 10.1. The number of rotatable bonds is 5. The van der Waals surface area contributed by atoms with E-state index in [0.717, 1.165) is 5.56 Å². The van der Waals surface area contributed by atoms with E-state index in [1.807, 2.05) is 6.07 Å². The fourth-order valence-electron chi connectivity index (χ4n) is 2.25. The number of aryl methyl sites for hydroxylation is 1. The molecular formula is C15H15N5O3. The highest BCUT2D eigenvalue weighted by Crippen LogP contribution is 2.21. The zero-order chi connectivity index (χ0) is 17.0. The number of aromatic nitrogens is 2. The quantitative estimate of drug-likeness (QED) is 0.665. The largest absolute Gasteiger partial charge is 0.350 e. The van der Waals surface area contributed by atoms with Crippen molar-refractivity contribution >= 4 is 11.6 Å². The van der Waals surface area contributed by atoms with Crippen LogP contribution in [-0.4, -0.2) is 20.6 Å². The van der Waals surface area contributed by atoms with Crippen LogP contribution < -0.4 is 5.32 Å². The fourth-order valence-corrected chi connectivity index (χ4v) is 2.25. The zero-order valence-corrected chi connectivity index (χ0v) is 12.7. The summed E-state index contributed by atoms with van der Waals surface area (Å²) >= 11 is 0. The molecule has 118 valence electrons. The molecule has 1 aromatic carbocycles. The second kappa shape index (κ2) is 6.70. The molecule has 0 aliphatic carbocycles. The van der Waals surface area contributed by atoms with E-state index in [-0.39, 0.29) is 30.4 Å². The third kappa shape index (κ3) is 3.71. The van der Waals surface area contributed by atoms with E-state index in [1.54, 1.807) is 31.2 Å². The summed E-state index contributed by atoms with van der Waals surface area (Å²) < 4.78 is 1.31. The Bertz CT molecular complexity index is 804. The Kier molecular flexibility index (Phi) is 4.71. The van der Waals surface area contributed by atoms with Crippen LogP contribution in [0.25, 0.3) is 0 Å². The SMILES string of the molecule is Cc1nn(CC(=O)NCc2cccc(C#N)c2)c(C)c1[N+](=O)[O-]. The van der Waals surface area contributed by atoms with Crippen LogP contribution in [0.15, 0.2) is 24.3 Å². The zero-order valence-electron chi connectivity index (χ0n) is 12.7. The van der Waals surface area contributed by atoms with Gasteiger partial charge in [0.1, 0.15) is 17.9 Å². The van der Waals surface area contributed by atoms with Gasteiger partial charge in [0, 0.05) is 6.54 Å². The Hall–Kier alpha value is -3.21. The molecule has 8 nitrogen and oxygen atoms in total. The monoisotopic (exact) mass is 313 g/mol. The molecule has 8 heteroatoms. The average molecular weight is 313 g/mol. The molecule has 0 aliphatic rings. The van der Waals surface area contributed by atoms with Crippen molar-refractivity contribution in [2.75, 3.05) is 0 Å². The molecule has 2 rings (SSSR count). The van der Waals surface area contributed by atoms with E-state index in [1.165, 1.54) is 11.6 Å². The van der Waals surface area contributed by atoms with Crippen molar-refractivity contribution < 1.29 is 9.72 Å². The molecule has 0 bridgehead atoms. The maximum Gasteiger partial charge on any atom is 0.312 e. The second-order valence-electron chi connectivity index (χ2n) is 5.02. The molecule has 0 unspecified atom stereocenters. The number of nitriles is 1. The van der Waals surface area contributed by atoms with E-state index in [4.69, 9.17) is 5.26 Å². The van der Waals surface area contributed by atoms with E-state index in [9.17, 15) is 14.9 Å². The summed E-state index contributed by atoms with van der Waals surface area (Å²) in [6, 6.07) is 8.94. The molecule has 0 radical (unpaired) electrons. The minimum atomic E-state index is -0.501. The van der Waals surface area contributed by atoms with Gasteiger partial charge in [-0.3, -0.25) is 19.6 Å². The summed E-state index contributed by atoms with van der Waals surface area (Å²) in [5.74, 6) is -0.312. The van der Waals surface area contributed by atoms with Gasteiger partial charge in [0.25, 0.3) is 0 Å². The van der Waals surface area contributed by atoms with Crippen molar-refractivity contribution in [2.24, 2.45) is 0 Å². The van der Waals surface area contributed by atoms with Gasteiger partial charge in [0.05, 0.1) is 16.6 Å². The maximum atomic E-state index is 12.0. The van der Waals surface area contributed by atoms with Crippen molar-refractivity contribution in [2.45, 2.75) is 26.9 Å². The third-order valence-electron chi connectivity index (χ3n) is 3.37. The summed E-state index contributed by atoms with van der Waals surface area (Å²) in [6.07, 6.45) is 0. The minimum Gasteiger partial charge on any atom is -0.350 e. The second-order valence-corrected chi connectivity index (χ2v) is 5.02. The number of hydrogen-bond donors (Lipinski definition) is 1. The molecule has 0 saturated carbocycles. The number of carbonyl (C=O) groups excluding carboxylic acids is 1. The van der Waals surface area contributed by atoms with Gasteiger partial charge in [0.15, 0.2) is 0 Å². The van der Waals surface area contributed by atoms with Gasteiger partial charge in [-0.2, -0.15) is 10.4 Å². The highest BCUT2D eigenvalue weighted by atomic mass is 16.6. The lowest BCUT2D eigenvalue weighted by Crippen LogP contribution is -2.28. The molecule has 2 aromatic rings. The van der Waals surface area contributed by atoms with Gasteiger partial charge in [0.2, 0.25) is 5.91 Å². The summed E-state index contributed by atoms with van der Waals surface area (Å²) in [4.78, 5) is 22.4. The van der Waals surface area contributed by atoms with Crippen LogP contribution in [0.1, 0.15) is 22.5 Å². The first kappa shape index (κ1) is 16.2. The summed E-state index contributed by atoms with van der Waals surface area (Å²) in [5.41, 5.74) is 1.87. The average Bonchev–Trinajstić information content (AvgIpc) is 2.79. The number of benzene rings is 1. The number of nitro groups is 1. The third-order valence-corrected chi connectivity index (χ3v) is 3.37. The number of nitrogens with zero attached hydrogens (tertiary/aromatic N) is 4. The van der Waals surface area contributed by atoms with Crippen molar-refractivity contribution in [3.05, 3.63) is 56.9 Å². The van der Waals surface area contributed by atoms with E-state index < -0.39 is 4.92 Å². The summed E-state index contributed by atoms with van der Waals surface area (Å²) in [6.45, 7) is 3.27. The van der Waals surface area contributed by atoms with Crippen molar-refractivity contribution in [1.82, 2.24) is 15.1 Å².